The zero-order chi connectivity index (χ0) is 19.1. The standard InChI is InChI=1S/C20H21NO5/c1-13-5-4-6-17(9-13)21-19(23)12-26-20(24)11-16-10-15(14(2)22)7-8-18(16)25-3/h4-10H,11-12H2,1-3H3,(H,21,23). The molecule has 0 saturated carbocycles. The van der Waals surface area contributed by atoms with Crippen molar-refractivity contribution in [3.63, 3.8) is 0 Å². The van der Waals surface area contributed by atoms with Gasteiger partial charge in [0.05, 0.1) is 13.5 Å². The molecule has 0 radical (unpaired) electrons. The number of benzene rings is 2. The van der Waals surface area contributed by atoms with Gasteiger partial charge in [-0.3, -0.25) is 14.4 Å². The summed E-state index contributed by atoms with van der Waals surface area (Å²) >= 11 is 0. The summed E-state index contributed by atoms with van der Waals surface area (Å²) in [4.78, 5) is 35.4. The number of hydrogen-bond donors (Lipinski definition) is 1. The lowest BCUT2D eigenvalue weighted by molar-refractivity contribution is -0.146. The monoisotopic (exact) mass is 355 g/mol. The molecule has 2 aromatic rings. The van der Waals surface area contributed by atoms with Gasteiger partial charge in [0.25, 0.3) is 5.91 Å². The second kappa shape index (κ2) is 8.80. The summed E-state index contributed by atoms with van der Waals surface area (Å²) in [6.07, 6.45) is -0.0952. The molecule has 0 aromatic heterocycles. The normalized spacial score (nSPS) is 10.1. The number of carbonyl (C=O) groups excluding carboxylic acids is 3. The first-order chi connectivity index (χ1) is 12.4. The fourth-order valence-corrected chi connectivity index (χ4v) is 2.41. The number of amides is 1. The van der Waals surface area contributed by atoms with Gasteiger partial charge in [0.2, 0.25) is 0 Å². The quantitative estimate of drug-likeness (QED) is 0.610. The number of nitrogens with one attached hydrogen (secondary N) is 1. The van der Waals surface area contributed by atoms with E-state index in [1.807, 2.05) is 25.1 Å². The Morgan fingerprint density at radius 3 is 2.50 bits per heavy atom. The van der Waals surface area contributed by atoms with Crippen LogP contribution in [0.1, 0.15) is 28.4 Å². The van der Waals surface area contributed by atoms with Crippen LogP contribution in [0.15, 0.2) is 42.5 Å². The maximum absolute atomic E-state index is 12.0. The van der Waals surface area contributed by atoms with E-state index in [0.717, 1.165) is 5.56 Å². The summed E-state index contributed by atoms with van der Waals surface area (Å²) in [5.74, 6) is -0.632. The average Bonchev–Trinajstić information content (AvgIpc) is 2.60. The lowest BCUT2D eigenvalue weighted by atomic mass is 10.0. The Hall–Kier alpha value is -3.15. The van der Waals surface area contributed by atoms with Crippen molar-refractivity contribution >= 4 is 23.3 Å². The van der Waals surface area contributed by atoms with Crippen LogP contribution in [0, 0.1) is 6.92 Å². The fraction of sp³-hybridized carbons (Fsp3) is 0.250. The third-order valence-corrected chi connectivity index (χ3v) is 3.69. The van der Waals surface area contributed by atoms with Crippen LogP contribution < -0.4 is 10.1 Å². The van der Waals surface area contributed by atoms with Crippen LogP contribution >= 0.6 is 0 Å². The van der Waals surface area contributed by atoms with Gasteiger partial charge in [0.15, 0.2) is 12.4 Å². The minimum Gasteiger partial charge on any atom is -0.496 e. The SMILES string of the molecule is COc1ccc(C(C)=O)cc1CC(=O)OCC(=O)Nc1cccc(C)c1. The molecule has 0 heterocycles. The van der Waals surface area contributed by atoms with Gasteiger partial charge >= 0.3 is 5.97 Å². The van der Waals surface area contributed by atoms with Crippen molar-refractivity contribution in [3.05, 3.63) is 59.2 Å². The van der Waals surface area contributed by atoms with Crippen LogP contribution in [0.25, 0.3) is 0 Å². The molecule has 0 unspecified atom stereocenters. The summed E-state index contributed by atoms with van der Waals surface area (Å²) in [5, 5.41) is 2.66. The Balaban J connectivity index is 1.93. The van der Waals surface area contributed by atoms with E-state index in [1.165, 1.54) is 14.0 Å². The van der Waals surface area contributed by atoms with Crippen LogP contribution in [-0.2, 0) is 20.7 Å². The lowest BCUT2D eigenvalue weighted by Gasteiger charge is -2.10. The Labute approximate surface area is 152 Å². The number of anilines is 1. The molecule has 26 heavy (non-hydrogen) atoms. The van der Waals surface area contributed by atoms with Crippen molar-refractivity contribution in [2.45, 2.75) is 20.3 Å². The lowest BCUT2D eigenvalue weighted by Crippen LogP contribution is -2.21. The minimum atomic E-state index is -0.580. The summed E-state index contributed by atoms with van der Waals surface area (Å²) in [7, 11) is 1.48. The van der Waals surface area contributed by atoms with Crippen molar-refractivity contribution in [1.82, 2.24) is 0 Å². The Bertz CT molecular complexity index is 829. The first-order valence-corrected chi connectivity index (χ1v) is 8.09. The van der Waals surface area contributed by atoms with E-state index in [9.17, 15) is 14.4 Å². The summed E-state index contributed by atoms with van der Waals surface area (Å²) in [6, 6.07) is 12.2. The summed E-state index contributed by atoms with van der Waals surface area (Å²) in [6.45, 7) is 2.97. The first-order valence-electron chi connectivity index (χ1n) is 8.09. The molecule has 6 nitrogen and oxygen atoms in total. The largest absolute Gasteiger partial charge is 0.496 e. The molecule has 0 atom stereocenters. The number of ether oxygens (including phenoxy) is 2. The van der Waals surface area contributed by atoms with E-state index >= 15 is 0 Å². The van der Waals surface area contributed by atoms with Crippen LogP contribution in [0.3, 0.4) is 0 Å². The van der Waals surface area contributed by atoms with Crippen molar-refractivity contribution < 1.29 is 23.9 Å². The molecular weight excluding hydrogens is 334 g/mol. The van der Waals surface area contributed by atoms with Crippen molar-refractivity contribution in [3.8, 4) is 5.75 Å². The summed E-state index contributed by atoms with van der Waals surface area (Å²) in [5.41, 5.74) is 2.66. The molecule has 0 aliphatic rings. The van der Waals surface area contributed by atoms with E-state index < -0.39 is 11.9 Å². The van der Waals surface area contributed by atoms with Crippen LogP contribution in [-0.4, -0.2) is 31.4 Å². The molecule has 0 fully saturated rings. The molecule has 0 saturated heterocycles. The second-order valence-corrected chi connectivity index (χ2v) is 5.84. The van der Waals surface area contributed by atoms with E-state index in [4.69, 9.17) is 9.47 Å². The molecule has 0 bridgehead atoms. The van der Waals surface area contributed by atoms with Crippen molar-refractivity contribution in [2.75, 3.05) is 19.0 Å². The highest BCUT2D eigenvalue weighted by Crippen LogP contribution is 2.21. The van der Waals surface area contributed by atoms with Crippen LogP contribution in [0.5, 0.6) is 5.75 Å². The predicted molar refractivity (Wildman–Crippen MR) is 97.5 cm³/mol. The molecule has 0 aliphatic heterocycles. The highest BCUT2D eigenvalue weighted by Gasteiger charge is 2.14. The fourth-order valence-electron chi connectivity index (χ4n) is 2.41. The highest BCUT2D eigenvalue weighted by atomic mass is 16.5. The molecule has 2 aromatic carbocycles. The highest BCUT2D eigenvalue weighted by molar-refractivity contribution is 5.95. The maximum Gasteiger partial charge on any atom is 0.310 e. The van der Waals surface area contributed by atoms with E-state index in [2.05, 4.69) is 5.32 Å². The predicted octanol–water partition coefficient (Wildman–Crippen LogP) is 2.93. The van der Waals surface area contributed by atoms with Crippen LogP contribution in [0.4, 0.5) is 5.69 Å². The number of rotatable bonds is 7. The molecule has 1 amide bonds. The Morgan fingerprint density at radius 2 is 1.85 bits per heavy atom. The zero-order valence-electron chi connectivity index (χ0n) is 15.0. The average molecular weight is 355 g/mol. The third kappa shape index (κ3) is 5.44. The van der Waals surface area contributed by atoms with Gasteiger partial charge in [0.1, 0.15) is 5.75 Å². The number of Topliss-reactive ketones (excluding diaryl/α,β-unsaturated/α-hetero) is 1. The first kappa shape index (κ1) is 19.2. The second-order valence-electron chi connectivity index (χ2n) is 5.84. The molecular formula is C20H21NO5. The Kier molecular flexibility index (Phi) is 6.49. The van der Waals surface area contributed by atoms with Gasteiger partial charge in [-0.2, -0.15) is 0 Å². The van der Waals surface area contributed by atoms with Gasteiger partial charge in [-0.1, -0.05) is 12.1 Å². The van der Waals surface area contributed by atoms with E-state index in [1.54, 1.807) is 24.3 Å². The molecule has 1 N–H and O–H groups in total. The smallest absolute Gasteiger partial charge is 0.310 e. The topological polar surface area (TPSA) is 81.7 Å². The third-order valence-electron chi connectivity index (χ3n) is 3.69. The van der Waals surface area contributed by atoms with Crippen LogP contribution in [0.2, 0.25) is 0 Å². The minimum absolute atomic E-state index is 0.0952. The number of hydrogen-bond acceptors (Lipinski definition) is 5. The van der Waals surface area contributed by atoms with E-state index in [-0.39, 0.29) is 18.8 Å². The molecule has 2 rings (SSSR count). The number of aryl methyl sites for hydroxylation is 1. The van der Waals surface area contributed by atoms with Gasteiger partial charge in [-0.15, -0.1) is 0 Å². The number of carbonyl (C=O) groups is 3. The Morgan fingerprint density at radius 1 is 1.08 bits per heavy atom. The van der Waals surface area contributed by atoms with Gasteiger partial charge < -0.3 is 14.8 Å². The van der Waals surface area contributed by atoms with Crippen molar-refractivity contribution in [1.29, 1.82) is 0 Å². The number of methoxy groups -OCH3 is 1. The van der Waals surface area contributed by atoms with Gasteiger partial charge in [-0.25, -0.2) is 0 Å². The maximum atomic E-state index is 12.0. The molecule has 6 heteroatoms. The zero-order valence-corrected chi connectivity index (χ0v) is 15.0. The number of ketones is 1. The molecule has 136 valence electrons. The van der Waals surface area contributed by atoms with E-state index in [0.29, 0.717) is 22.6 Å². The van der Waals surface area contributed by atoms with Gasteiger partial charge in [0, 0.05) is 16.8 Å². The molecule has 0 aliphatic carbocycles. The number of esters is 1. The van der Waals surface area contributed by atoms with Crippen molar-refractivity contribution in [2.24, 2.45) is 0 Å². The van der Waals surface area contributed by atoms with Gasteiger partial charge in [-0.05, 0) is 49.7 Å². The summed E-state index contributed by atoms with van der Waals surface area (Å²) < 4.78 is 10.2. The molecule has 0 spiro atoms.